The Labute approximate surface area is 188 Å². The van der Waals surface area contributed by atoms with E-state index in [1.54, 1.807) is 0 Å². The number of amides is 1. The van der Waals surface area contributed by atoms with Gasteiger partial charge in [-0.05, 0) is 48.0 Å². The molecular formula is C22H19F3N2O3S2. The number of carbonyl (C=O) groups is 1. The lowest BCUT2D eigenvalue weighted by Crippen LogP contribution is -2.15. The average Bonchev–Trinajstić information content (AvgIpc) is 2.74. The molecule has 0 aliphatic rings. The fourth-order valence-corrected chi connectivity index (χ4v) is 4.56. The molecule has 0 atom stereocenters. The van der Waals surface area contributed by atoms with E-state index in [4.69, 9.17) is 0 Å². The lowest BCUT2D eigenvalue weighted by Gasteiger charge is -2.12. The highest BCUT2D eigenvalue weighted by atomic mass is 32.2. The van der Waals surface area contributed by atoms with Crippen LogP contribution in [0.2, 0.25) is 0 Å². The molecule has 0 saturated carbocycles. The molecule has 0 aromatic heterocycles. The van der Waals surface area contributed by atoms with E-state index < -0.39 is 21.8 Å². The molecule has 3 aromatic rings. The lowest BCUT2D eigenvalue weighted by atomic mass is 10.2. The summed E-state index contributed by atoms with van der Waals surface area (Å²) in [5.74, 6) is 0.683. The number of sulfonamides is 1. The Bertz CT molecular complexity index is 1170. The van der Waals surface area contributed by atoms with Crippen LogP contribution in [0, 0.1) is 0 Å². The first-order valence-corrected chi connectivity index (χ1v) is 12.0. The number of rotatable bonds is 8. The zero-order valence-corrected chi connectivity index (χ0v) is 18.2. The van der Waals surface area contributed by atoms with Gasteiger partial charge in [0.15, 0.2) is 0 Å². The second-order valence-corrected chi connectivity index (χ2v) is 9.40. The number of carbonyl (C=O) groups excluding carboxylic acids is 1. The molecule has 0 aliphatic carbocycles. The van der Waals surface area contributed by atoms with Crippen molar-refractivity contribution in [1.82, 2.24) is 0 Å². The molecule has 3 rings (SSSR count). The maximum absolute atomic E-state index is 12.8. The van der Waals surface area contributed by atoms with Gasteiger partial charge < -0.3 is 5.32 Å². The largest absolute Gasteiger partial charge is 0.416 e. The van der Waals surface area contributed by atoms with Crippen LogP contribution < -0.4 is 10.0 Å². The first-order chi connectivity index (χ1) is 15.1. The van der Waals surface area contributed by atoms with E-state index in [1.165, 1.54) is 42.1 Å². The Morgan fingerprint density at radius 2 is 1.56 bits per heavy atom. The molecule has 0 spiro atoms. The second-order valence-electron chi connectivity index (χ2n) is 6.74. The van der Waals surface area contributed by atoms with Crippen LogP contribution in [0.5, 0.6) is 0 Å². The van der Waals surface area contributed by atoms with E-state index in [-0.39, 0.29) is 22.2 Å². The summed E-state index contributed by atoms with van der Waals surface area (Å²) in [6, 6.07) is 19.0. The summed E-state index contributed by atoms with van der Waals surface area (Å²) in [4.78, 5) is 11.9. The van der Waals surface area contributed by atoms with E-state index >= 15 is 0 Å². The van der Waals surface area contributed by atoms with Gasteiger partial charge in [-0.15, -0.1) is 11.8 Å². The van der Waals surface area contributed by atoms with Gasteiger partial charge in [0.25, 0.3) is 10.0 Å². The minimum Gasteiger partial charge on any atom is -0.325 e. The summed E-state index contributed by atoms with van der Waals surface area (Å²) < 4.78 is 65.6. The third-order valence-corrected chi connectivity index (χ3v) is 6.64. The number of alkyl halides is 3. The first kappa shape index (κ1) is 23.7. The van der Waals surface area contributed by atoms with E-state index in [2.05, 4.69) is 10.0 Å². The zero-order valence-electron chi connectivity index (χ0n) is 16.6. The van der Waals surface area contributed by atoms with E-state index in [0.29, 0.717) is 11.4 Å². The van der Waals surface area contributed by atoms with Crippen LogP contribution in [-0.4, -0.2) is 20.1 Å². The standard InChI is InChI=1S/C22H19F3N2O3S2/c23-22(24,25)17-7-4-8-19(13-17)27-32(29,30)20-11-9-18(10-12-20)26-21(28)15-31-14-16-5-2-1-3-6-16/h1-13,27H,14-15H2,(H,26,28). The molecule has 10 heteroatoms. The van der Waals surface area contributed by atoms with Gasteiger partial charge in [-0.2, -0.15) is 13.2 Å². The van der Waals surface area contributed by atoms with Gasteiger partial charge in [-0.3, -0.25) is 9.52 Å². The summed E-state index contributed by atoms with van der Waals surface area (Å²) in [5, 5.41) is 2.68. The number of halogens is 3. The molecule has 0 bridgehead atoms. The Kier molecular flexibility index (Phi) is 7.47. The predicted molar refractivity (Wildman–Crippen MR) is 120 cm³/mol. The van der Waals surface area contributed by atoms with Crippen molar-refractivity contribution in [3.05, 3.63) is 90.0 Å². The highest BCUT2D eigenvalue weighted by Crippen LogP contribution is 2.31. The number of nitrogens with one attached hydrogen (secondary N) is 2. The molecule has 0 saturated heterocycles. The fourth-order valence-electron chi connectivity index (χ4n) is 2.72. The summed E-state index contributed by atoms with van der Waals surface area (Å²) in [6.45, 7) is 0. The summed E-state index contributed by atoms with van der Waals surface area (Å²) in [5.41, 5.74) is 0.356. The van der Waals surface area contributed by atoms with Crippen LogP contribution in [-0.2, 0) is 26.7 Å². The van der Waals surface area contributed by atoms with Crippen molar-refractivity contribution in [2.24, 2.45) is 0 Å². The van der Waals surface area contributed by atoms with Crippen LogP contribution in [0.4, 0.5) is 24.5 Å². The number of anilines is 2. The molecule has 2 N–H and O–H groups in total. The van der Waals surface area contributed by atoms with Crippen molar-refractivity contribution in [3.8, 4) is 0 Å². The Morgan fingerprint density at radius 3 is 2.22 bits per heavy atom. The lowest BCUT2D eigenvalue weighted by molar-refractivity contribution is -0.137. The monoisotopic (exact) mass is 480 g/mol. The summed E-state index contributed by atoms with van der Waals surface area (Å²) in [6.07, 6.45) is -4.58. The van der Waals surface area contributed by atoms with Crippen molar-refractivity contribution >= 4 is 39.1 Å². The van der Waals surface area contributed by atoms with Gasteiger partial charge in [-0.1, -0.05) is 36.4 Å². The average molecular weight is 481 g/mol. The van der Waals surface area contributed by atoms with Gasteiger partial charge in [0.2, 0.25) is 5.91 Å². The minimum atomic E-state index is -4.58. The van der Waals surface area contributed by atoms with Crippen LogP contribution in [0.1, 0.15) is 11.1 Å². The number of benzene rings is 3. The van der Waals surface area contributed by atoms with Crippen molar-refractivity contribution in [3.63, 3.8) is 0 Å². The predicted octanol–water partition coefficient (Wildman–Crippen LogP) is 5.38. The maximum atomic E-state index is 12.8. The third-order valence-electron chi connectivity index (χ3n) is 4.24. The number of hydrogen-bond donors (Lipinski definition) is 2. The van der Waals surface area contributed by atoms with Crippen molar-refractivity contribution < 1.29 is 26.4 Å². The SMILES string of the molecule is O=C(CSCc1ccccc1)Nc1ccc(S(=O)(=O)Nc2cccc(C(F)(F)F)c2)cc1. The molecule has 1 amide bonds. The molecule has 0 unspecified atom stereocenters. The fraction of sp³-hybridized carbons (Fsp3) is 0.136. The quantitative estimate of drug-likeness (QED) is 0.454. The highest BCUT2D eigenvalue weighted by molar-refractivity contribution is 7.99. The van der Waals surface area contributed by atoms with Crippen molar-refractivity contribution in [2.45, 2.75) is 16.8 Å². The topological polar surface area (TPSA) is 75.3 Å². The van der Waals surface area contributed by atoms with Crippen molar-refractivity contribution in [2.75, 3.05) is 15.8 Å². The molecule has 0 radical (unpaired) electrons. The number of thioether (sulfide) groups is 1. The Balaban J connectivity index is 1.57. The molecule has 0 aliphatic heterocycles. The summed E-state index contributed by atoms with van der Waals surface area (Å²) in [7, 11) is -4.10. The molecule has 5 nitrogen and oxygen atoms in total. The Morgan fingerprint density at radius 1 is 0.875 bits per heavy atom. The van der Waals surface area contributed by atoms with Crippen LogP contribution in [0.15, 0.2) is 83.8 Å². The van der Waals surface area contributed by atoms with Gasteiger partial charge in [0.05, 0.1) is 16.2 Å². The molecule has 0 heterocycles. The zero-order chi connectivity index (χ0) is 23.2. The van der Waals surface area contributed by atoms with Gasteiger partial charge >= 0.3 is 6.18 Å². The van der Waals surface area contributed by atoms with Crippen LogP contribution in [0.25, 0.3) is 0 Å². The molecule has 32 heavy (non-hydrogen) atoms. The van der Waals surface area contributed by atoms with Crippen molar-refractivity contribution in [1.29, 1.82) is 0 Å². The van der Waals surface area contributed by atoms with Gasteiger partial charge in [0, 0.05) is 17.1 Å². The normalized spacial score (nSPS) is 11.7. The second kappa shape index (κ2) is 10.1. The minimum absolute atomic E-state index is 0.147. The van der Waals surface area contributed by atoms with E-state index in [9.17, 15) is 26.4 Å². The highest BCUT2D eigenvalue weighted by Gasteiger charge is 2.30. The molecule has 0 fully saturated rings. The molecule has 168 valence electrons. The Hall–Kier alpha value is -2.98. The van der Waals surface area contributed by atoms with Gasteiger partial charge in [-0.25, -0.2) is 8.42 Å². The van der Waals surface area contributed by atoms with E-state index in [0.717, 1.165) is 23.8 Å². The maximum Gasteiger partial charge on any atom is 0.416 e. The number of hydrogen-bond acceptors (Lipinski definition) is 4. The summed E-state index contributed by atoms with van der Waals surface area (Å²) >= 11 is 1.45. The first-order valence-electron chi connectivity index (χ1n) is 9.35. The third kappa shape index (κ3) is 6.76. The van der Waals surface area contributed by atoms with Crippen LogP contribution in [0.3, 0.4) is 0 Å². The molecular weight excluding hydrogens is 461 g/mol. The smallest absolute Gasteiger partial charge is 0.325 e. The van der Waals surface area contributed by atoms with Crippen LogP contribution >= 0.6 is 11.8 Å². The van der Waals surface area contributed by atoms with Gasteiger partial charge in [0.1, 0.15) is 0 Å². The van der Waals surface area contributed by atoms with E-state index in [1.807, 2.05) is 30.3 Å². The molecule has 3 aromatic carbocycles.